The molecule has 0 aliphatic rings. The van der Waals surface area contributed by atoms with E-state index in [2.05, 4.69) is 5.32 Å². The van der Waals surface area contributed by atoms with Crippen LogP contribution >= 0.6 is 0 Å². The van der Waals surface area contributed by atoms with E-state index in [1.54, 1.807) is 0 Å². The van der Waals surface area contributed by atoms with Crippen LogP contribution in [0.3, 0.4) is 0 Å². The number of hydrogen-bond donors (Lipinski definition) is 2. The number of anilines is 1. The third-order valence-electron chi connectivity index (χ3n) is 3.12. The minimum absolute atomic E-state index is 0.0865. The molecule has 0 unspecified atom stereocenters. The zero-order valence-corrected chi connectivity index (χ0v) is 10.9. The lowest BCUT2D eigenvalue weighted by Crippen LogP contribution is -2.50. The molecule has 5 heteroatoms. The zero-order chi connectivity index (χ0) is 13.8. The predicted molar refractivity (Wildman–Crippen MR) is 69.1 cm³/mol. The van der Waals surface area contributed by atoms with Gasteiger partial charge in [-0.05, 0) is 25.0 Å². The smallest absolute Gasteiger partial charge is 0.244 e. The van der Waals surface area contributed by atoms with Gasteiger partial charge in [0.15, 0.2) is 11.6 Å². The van der Waals surface area contributed by atoms with Crippen LogP contribution in [0.1, 0.15) is 26.7 Å². The number of hydrogen-bond acceptors (Lipinski definition) is 3. The number of carbonyl (C=O) groups is 1. The number of nitrogens with two attached hydrogens (primary N) is 1. The van der Waals surface area contributed by atoms with Crippen molar-refractivity contribution in [1.29, 1.82) is 0 Å². The van der Waals surface area contributed by atoms with Gasteiger partial charge in [-0.3, -0.25) is 4.79 Å². The van der Waals surface area contributed by atoms with Crippen molar-refractivity contribution in [3.05, 3.63) is 24.0 Å². The van der Waals surface area contributed by atoms with Crippen molar-refractivity contribution in [2.75, 3.05) is 12.4 Å². The summed E-state index contributed by atoms with van der Waals surface area (Å²) in [7, 11) is 1.37. The molecule has 0 aliphatic heterocycles. The Morgan fingerprint density at radius 1 is 1.44 bits per heavy atom. The topological polar surface area (TPSA) is 64.4 Å². The Morgan fingerprint density at radius 3 is 2.56 bits per heavy atom. The number of nitrogens with one attached hydrogen (secondary N) is 1. The molecule has 1 aromatic carbocycles. The standard InChI is InChI=1S/C13H19FN2O2/c1-4-13(15,5-2)12(17)16-9-6-7-10(14)11(8-9)18-3/h6-8H,4-5,15H2,1-3H3,(H,16,17). The van der Waals surface area contributed by atoms with E-state index in [-0.39, 0.29) is 11.7 Å². The molecular weight excluding hydrogens is 235 g/mol. The molecule has 0 bridgehead atoms. The highest BCUT2D eigenvalue weighted by Crippen LogP contribution is 2.23. The molecule has 0 saturated heterocycles. The molecule has 0 atom stereocenters. The highest BCUT2D eigenvalue weighted by atomic mass is 19.1. The van der Waals surface area contributed by atoms with E-state index in [1.165, 1.54) is 25.3 Å². The lowest BCUT2D eigenvalue weighted by molar-refractivity contribution is -0.121. The van der Waals surface area contributed by atoms with Crippen molar-refractivity contribution >= 4 is 11.6 Å². The molecule has 0 aliphatic carbocycles. The summed E-state index contributed by atoms with van der Waals surface area (Å²) in [4.78, 5) is 12.0. The number of rotatable bonds is 5. The van der Waals surface area contributed by atoms with Crippen LogP contribution in [-0.2, 0) is 4.79 Å². The van der Waals surface area contributed by atoms with Gasteiger partial charge in [-0.15, -0.1) is 0 Å². The van der Waals surface area contributed by atoms with E-state index >= 15 is 0 Å². The second kappa shape index (κ2) is 5.82. The van der Waals surface area contributed by atoms with Crippen molar-refractivity contribution in [3.63, 3.8) is 0 Å². The summed E-state index contributed by atoms with van der Waals surface area (Å²) in [6.45, 7) is 3.71. The van der Waals surface area contributed by atoms with Gasteiger partial charge in [0.1, 0.15) is 0 Å². The van der Waals surface area contributed by atoms with Crippen molar-refractivity contribution in [1.82, 2.24) is 0 Å². The first-order valence-corrected chi connectivity index (χ1v) is 5.90. The molecule has 0 aromatic heterocycles. The average molecular weight is 254 g/mol. The first kappa shape index (κ1) is 14.4. The Bertz CT molecular complexity index is 431. The van der Waals surface area contributed by atoms with E-state index in [0.29, 0.717) is 18.5 Å². The maximum absolute atomic E-state index is 13.2. The summed E-state index contributed by atoms with van der Waals surface area (Å²) in [6, 6.07) is 4.14. The van der Waals surface area contributed by atoms with Gasteiger partial charge in [0.2, 0.25) is 5.91 Å². The summed E-state index contributed by atoms with van der Waals surface area (Å²) in [5.41, 5.74) is 5.54. The van der Waals surface area contributed by atoms with Crippen molar-refractivity contribution in [2.24, 2.45) is 5.73 Å². The number of benzene rings is 1. The van der Waals surface area contributed by atoms with Gasteiger partial charge in [-0.25, -0.2) is 4.39 Å². The maximum atomic E-state index is 13.2. The van der Waals surface area contributed by atoms with Gasteiger partial charge in [-0.2, -0.15) is 0 Å². The Hall–Kier alpha value is -1.62. The lowest BCUT2D eigenvalue weighted by atomic mass is 9.93. The van der Waals surface area contributed by atoms with Gasteiger partial charge < -0.3 is 15.8 Å². The fourth-order valence-electron chi connectivity index (χ4n) is 1.56. The number of halogens is 1. The fourth-order valence-corrected chi connectivity index (χ4v) is 1.56. The van der Waals surface area contributed by atoms with E-state index in [1.807, 2.05) is 13.8 Å². The minimum Gasteiger partial charge on any atom is -0.494 e. The van der Waals surface area contributed by atoms with Gasteiger partial charge >= 0.3 is 0 Å². The van der Waals surface area contributed by atoms with E-state index in [0.717, 1.165) is 0 Å². The first-order valence-electron chi connectivity index (χ1n) is 5.90. The molecule has 100 valence electrons. The quantitative estimate of drug-likeness (QED) is 0.847. The molecule has 0 spiro atoms. The molecule has 4 nitrogen and oxygen atoms in total. The molecule has 3 N–H and O–H groups in total. The number of carbonyl (C=O) groups excluding carboxylic acids is 1. The molecule has 1 rings (SSSR count). The van der Waals surface area contributed by atoms with Crippen molar-refractivity contribution in [2.45, 2.75) is 32.2 Å². The van der Waals surface area contributed by atoms with E-state index < -0.39 is 11.4 Å². The Morgan fingerprint density at radius 2 is 2.06 bits per heavy atom. The van der Waals surface area contributed by atoms with Crippen molar-refractivity contribution in [3.8, 4) is 5.75 Å². The van der Waals surface area contributed by atoms with Crippen LogP contribution in [0, 0.1) is 5.82 Å². The lowest BCUT2D eigenvalue weighted by Gasteiger charge is -2.25. The Kier molecular flexibility index (Phi) is 4.67. The van der Waals surface area contributed by atoms with Gasteiger partial charge in [-0.1, -0.05) is 13.8 Å². The third kappa shape index (κ3) is 2.98. The number of ether oxygens (including phenoxy) is 1. The summed E-state index contributed by atoms with van der Waals surface area (Å²) in [5.74, 6) is -0.662. The molecule has 0 heterocycles. The summed E-state index contributed by atoms with van der Waals surface area (Å²) in [5, 5.41) is 2.68. The van der Waals surface area contributed by atoms with Crippen LogP contribution in [0.5, 0.6) is 5.75 Å². The molecule has 0 radical (unpaired) electrons. The molecule has 18 heavy (non-hydrogen) atoms. The first-order chi connectivity index (χ1) is 8.46. The van der Waals surface area contributed by atoms with Crippen LogP contribution in [0.2, 0.25) is 0 Å². The maximum Gasteiger partial charge on any atom is 0.244 e. The van der Waals surface area contributed by atoms with Gasteiger partial charge in [0, 0.05) is 11.8 Å². The Labute approximate surface area is 106 Å². The highest BCUT2D eigenvalue weighted by molar-refractivity contribution is 5.98. The van der Waals surface area contributed by atoms with Crippen LogP contribution in [-0.4, -0.2) is 18.6 Å². The summed E-state index contributed by atoms with van der Waals surface area (Å²) < 4.78 is 18.1. The van der Waals surface area contributed by atoms with Gasteiger partial charge in [0.05, 0.1) is 12.6 Å². The molecule has 0 saturated carbocycles. The minimum atomic E-state index is -0.901. The Balaban J connectivity index is 2.88. The number of amides is 1. The average Bonchev–Trinajstić information content (AvgIpc) is 2.39. The summed E-state index contributed by atoms with van der Waals surface area (Å²) in [6.07, 6.45) is 1.07. The largest absolute Gasteiger partial charge is 0.494 e. The fraction of sp³-hybridized carbons (Fsp3) is 0.462. The number of methoxy groups -OCH3 is 1. The third-order valence-corrected chi connectivity index (χ3v) is 3.12. The molecular formula is C13H19FN2O2. The molecule has 1 amide bonds. The van der Waals surface area contributed by atoms with E-state index in [9.17, 15) is 9.18 Å². The molecule has 0 fully saturated rings. The summed E-state index contributed by atoms with van der Waals surface area (Å²) >= 11 is 0. The highest BCUT2D eigenvalue weighted by Gasteiger charge is 2.29. The van der Waals surface area contributed by atoms with Crippen LogP contribution < -0.4 is 15.8 Å². The van der Waals surface area contributed by atoms with Gasteiger partial charge in [0.25, 0.3) is 0 Å². The second-order valence-electron chi connectivity index (χ2n) is 4.17. The van der Waals surface area contributed by atoms with E-state index in [4.69, 9.17) is 10.5 Å². The predicted octanol–water partition coefficient (Wildman–Crippen LogP) is 2.29. The normalized spacial score (nSPS) is 11.2. The van der Waals surface area contributed by atoms with Crippen LogP contribution in [0.25, 0.3) is 0 Å². The SMILES string of the molecule is CCC(N)(CC)C(=O)Nc1ccc(F)c(OC)c1. The van der Waals surface area contributed by atoms with Crippen molar-refractivity contribution < 1.29 is 13.9 Å². The van der Waals surface area contributed by atoms with Crippen LogP contribution in [0.4, 0.5) is 10.1 Å². The molecule has 1 aromatic rings. The second-order valence-corrected chi connectivity index (χ2v) is 4.17. The zero-order valence-electron chi connectivity index (χ0n) is 10.9. The monoisotopic (exact) mass is 254 g/mol. The van der Waals surface area contributed by atoms with Crippen LogP contribution in [0.15, 0.2) is 18.2 Å².